The van der Waals surface area contributed by atoms with Crippen LogP contribution in [0.2, 0.25) is 0 Å². The van der Waals surface area contributed by atoms with E-state index in [0.717, 1.165) is 22.1 Å². The predicted molar refractivity (Wildman–Crippen MR) is 101 cm³/mol. The Morgan fingerprint density at radius 3 is 2.35 bits per heavy atom. The summed E-state index contributed by atoms with van der Waals surface area (Å²) in [6.45, 7) is 3.65. The molecule has 1 heterocycles. The highest BCUT2D eigenvalue weighted by Gasteiger charge is 2.11. The lowest BCUT2D eigenvalue weighted by Crippen LogP contribution is -1.87. The molecule has 0 aliphatic rings. The Kier molecular flexibility index (Phi) is 4.13. The number of fused-ring (bicyclic) bond motifs is 1. The van der Waals surface area contributed by atoms with E-state index in [1.54, 1.807) is 30.3 Å². The summed E-state index contributed by atoms with van der Waals surface area (Å²) >= 11 is 0. The van der Waals surface area contributed by atoms with Crippen LogP contribution in [-0.2, 0) is 6.42 Å². The minimum absolute atomic E-state index is 0.242. The number of rotatable bonds is 4. The lowest BCUT2D eigenvalue weighted by atomic mass is 10.0. The maximum Gasteiger partial charge on any atom is 0.138 e. The van der Waals surface area contributed by atoms with E-state index in [2.05, 4.69) is 6.58 Å². The highest BCUT2D eigenvalue weighted by Crippen LogP contribution is 2.31. The van der Waals surface area contributed by atoms with E-state index in [1.165, 1.54) is 18.2 Å². The number of halogens is 2. The van der Waals surface area contributed by atoms with Crippen LogP contribution in [0.5, 0.6) is 0 Å². The zero-order valence-corrected chi connectivity index (χ0v) is 14.0. The summed E-state index contributed by atoms with van der Waals surface area (Å²) in [5.74, 6) is -0.0896. The molecule has 3 heteroatoms. The second kappa shape index (κ2) is 6.60. The molecule has 0 saturated carbocycles. The van der Waals surface area contributed by atoms with Crippen molar-refractivity contribution in [2.45, 2.75) is 6.42 Å². The van der Waals surface area contributed by atoms with E-state index in [-0.39, 0.29) is 11.6 Å². The van der Waals surface area contributed by atoms with Gasteiger partial charge < -0.3 is 4.42 Å². The molecule has 0 amide bonds. The molecule has 4 rings (SSSR count). The maximum atomic E-state index is 14.3. The average Bonchev–Trinajstić information content (AvgIpc) is 3.06. The van der Waals surface area contributed by atoms with Crippen LogP contribution in [0.15, 0.2) is 77.7 Å². The van der Waals surface area contributed by atoms with Gasteiger partial charge in [-0.1, -0.05) is 36.9 Å². The summed E-state index contributed by atoms with van der Waals surface area (Å²) in [4.78, 5) is 0. The molecule has 3 aromatic carbocycles. The Morgan fingerprint density at radius 2 is 1.62 bits per heavy atom. The van der Waals surface area contributed by atoms with E-state index in [4.69, 9.17) is 4.42 Å². The van der Waals surface area contributed by atoms with Crippen molar-refractivity contribution in [1.82, 2.24) is 0 Å². The van der Waals surface area contributed by atoms with Crippen molar-refractivity contribution in [3.63, 3.8) is 0 Å². The normalized spacial score (nSPS) is 11.0. The second-order valence-electron chi connectivity index (χ2n) is 6.23. The van der Waals surface area contributed by atoms with Crippen LogP contribution in [0.25, 0.3) is 28.4 Å². The molecule has 0 fully saturated rings. The fourth-order valence-corrected chi connectivity index (χ4v) is 3.03. The predicted octanol–water partition coefficient (Wildman–Crippen LogP) is 6.61. The fraction of sp³-hybridized carbons (Fsp3) is 0.0435. The summed E-state index contributed by atoms with van der Waals surface area (Å²) in [5, 5.41) is 0.909. The van der Waals surface area contributed by atoms with Gasteiger partial charge in [-0.05, 0) is 65.6 Å². The van der Waals surface area contributed by atoms with Gasteiger partial charge >= 0.3 is 0 Å². The Labute approximate surface area is 150 Å². The maximum absolute atomic E-state index is 14.3. The highest BCUT2D eigenvalue weighted by molar-refractivity contribution is 5.83. The van der Waals surface area contributed by atoms with Gasteiger partial charge in [-0.15, -0.1) is 0 Å². The van der Waals surface area contributed by atoms with Crippen LogP contribution in [-0.4, -0.2) is 0 Å². The van der Waals surface area contributed by atoms with Gasteiger partial charge in [0.25, 0.3) is 0 Å². The van der Waals surface area contributed by atoms with Gasteiger partial charge in [0.15, 0.2) is 0 Å². The minimum Gasteiger partial charge on any atom is -0.456 e. The number of hydrogen-bond acceptors (Lipinski definition) is 1. The zero-order chi connectivity index (χ0) is 18.1. The number of furan rings is 1. The summed E-state index contributed by atoms with van der Waals surface area (Å²) < 4.78 is 33.2. The molecule has 0 spiro atoms. The van der Waals surface area contributed by atoms with Crippen molar-refractivity contribution in [3.05, 3.63) is 102 Å². The summed E-state index contributed by atoms with van der Waals surface area (Å²) in [7, 11) is 0. The Morgan fingerprint density at radius 1 is 0.846 bits per heavy atom. The molecule has 0 aliphatic carbocycles. The third-order valence-electron chi connectivity index (χ3n) is 4.40. The number of benzene rings is 3. The van der Waals surface area contributed by atoms with Gasteiger partial charge in [-0.2, -0.15) is 0 Å². The lowest BCUT2D eigenvalue weighted by molar-refractivity contribution is 0.601. The molecule has 0 atom stereocenters. The molecule has 0 bridgehead atoms. The fourth-order valence-electron chi connectivity index (χ4n) is 3.03. The molecular formula is C23H16F2O. The van der Waals surface area contributed by atoms with Crippen molar-refractivity contribution in [1.29, 1.82) is 0 Å². The van der Waals surface area contributed by atoms with Crippen molar-refractivity contribution < 1.29 is 13.2 Å². The first kappa shape index (κ1) is 16.3. The molecule has 26 heavy (non-hydrogen) atoms. The van der Waals surface area contributed by atoms with Crippen molar-refractivity contribution in [2.24, 2.45) is 0 Å². The van der Waals surface area contributed by atoms with Crippen LogP contribution in [0.4, 0.5) is 8.78 Å². The molecule has 4 aromatic rings. The van der Waals surface area contributed by atoms with Gasteiger partial charge in [-0.25, -0.2) is 8.78 Å². The monoisotopic (exact) mass is 346 g/mol. The van der Waals surface area contributed by atoms with Crippen LogP contribution in [0.3, 0.4) is 0 Å². The largest absolute Gasteiger partial charge is 0.456 e. The van der Waals surface area contributed by atoms with Crippen molar-refractivity contribution in [3.8, 4) is 11.3 Å². The summed E-state index contributed by atoms with van der Waals surface area (Å²) in [5.41, 5.74) is 3.96. The summed E-state index contributed by atoms with van der Waals surface area (Å²) in [6, 6.07) is 19.1. The Bertz CT molecular complexity index is 1090. The Balaban J connectivity index is 1.67. The molecule has 1 aromatic heterocycles. The SMILES string of the molecule is C=Cc1ccc(-c2cc3cc(Cc4ccc(F)cc4)ccc3o2)c(F)c1. The number of hydrogen-bond donors (Lipinski definition) is 0. The topological polar surface area (TPSA) is 13.1 Å². The molecular weight excluding hydrogens is 330 g/mol. The zero-order valence-electron chi connectivity index (χ0n) is 14.0. The molecule has 0 N–H and O–H groups in total. The van der Waals surface area contributed by atoms with E-state index < -0.39 is 0 Å². The Hall–Kier alpha value is -3.20. The van der Waals surface area contributed by atoms with E-state index in [1.807, 2.05) is 24.3 Å². The third-order valence-corrected chi connectivity index (χ3v) is 4.40. The molecule has 0 saturated heterocycles. The van der Waals surface area contributed by atoms with E-state index >= 15 is 0 Å². The van der Waals surface area contributed by atoms with Gasteiger partial charge in [0, 0.05) is 5.39 Å². The van der Waals surface area contributed by atoms with Gasteiger partial charge in [0.1, 0.15) is 23.0 Å². The van der Waals surface area contributed by atoms with Gasteiger partial charge in [-0.3, -0.25) is 0 Å². The quantitative estimate of drug-likeness (QED) is 0.405. The average molecular weight is 346 g/mol. The van der Waals surface area contributed by atoms with Crippen LogP contribution in [0, 0.1) is 11.6 Å². The van der Waals surface area contributed by atoms with E-state index in [0.29, 0.717) is 23.3 Å². The second-order valence-corrected chi connectivity index (χ2v) is 6.23. The van der Waals surface area contributed by atoms with Crippen molar-refractivity contribution >= 4 is 17.0 Å². The molecule has 1 nitrogen and oxygen atoms in total. The van der Waals surface area contributed by atoms with Gasteiger partial charge in [0.05, 0.1) is 5.56 Å². The first-order valence-electron chi connectivity index (χ1n) is 8.32. The van der Waals surface area contributed by atoms with Crippen molar-refractivity contribution in [2.75, 3.05) is 0 Å². The summed E-state index contributed by atoms with van der Waals surface area (Å²) in [6.07, 6.45) is 2.30. The standard InChI is InChI=1S/C23H16F2O/c1-2-15-5-9-20(21(25)13-15)23-14-18-12-17(6-10-22(18)26-23)11-16-3-7-19(24)8-4-16/h2-10,12-14H,1,11H2. The lowest BCUT2D eigenvalue weighted by Gasteiger charge is -2.02. The molecule has 128 valence electrons. The van der Waals surface area contributed by atoms with Crippen LogP contribution in [0.1, 0.15) is 16.7 Å². The first-order valence-corrected chi connectivity index (χ1v) is 8.32. The smallest absolute Gasteiger partial charge is 0.138 e. The first-order chi connectivity index (χ1) is 12.6. The molecule has 0 radical (unpaired) electrons. The highest BCUT2D eigenvalue weighted by atomic mass is 19.1. The minimum atomic E-state index is -0.340. The van der Waals surface area contributed by atoms with Crippen LogP contribution < -0.4 is 0 Å². The molecule has 0 aliphatic heterocycles. The third kappa shape index (κ3) is 3.16. The van der Waals surface area contributed by atoms with E-state index in [9.17, 15) is 8.78 Å². The molecule has 0 unspecified atom stereocenters. The van der Waals surface area contributed by atoms with Crippen LogP contribution >= 0.6 is 0 Å². The van der Waals surface area contributed by atoms with Gasteiger partial charge in [0.2, 0.25) is 0 Å².